The Morgan fingerprint density at radius 1 is 1.35 bits per heavy atom. The van der Waals surface area contributed by atoms with Gasteiger partial charge in [0, 0.05) is 18.9 Å². The monoisotopic (exact) mass is 355 g/mol. The van der Waals surface area contributed by atoms with Gasteiger partial charge in [-0.05, 0) is 37.8 Å². The van der Waals surface area contributed by atoms with Crippen molar-refractivity contribution in [3.63, 3.8) is 0 Å². The van der Waals surface area contributed by atoms with E-state index in [0.717, 1.165) is 54.2 Å². The van der Waals surface area contributed by atoms with Gasteiger partial charge in [0.05, 0.1) is 35.4 Å². The van der Waals surface area contributed by atoms with Gasteiger partial charge in [-0.3, -0.25) is 5.10 Å². The first-order chi connectivity index (χ1) is 12.8. The molecule has 7 nitrogen and oxygen atoms in total. The fourth-order valence-corrected chi connectivity index (χ4v) is 3.54. The second kappa shape index (κ2) is 7.37. The Kier molecular flexibility index (Phi) is 4.79. The standard InChI is InChI=1S/C19H25N5O2/c1-3-12-8-15-16(9-17(12)25-4-2)24-18(23-15)14-6-5-7-26-19(14)22-13-10-20-21-11-13/h8-11,14,19,22H,3-7H2,1-2H3,(H,20,21)(H,23,24). The lowest BCUT2D eigenvalue weighted by Gasteiger charge is -2.31. The number of ether oxygens (including phenoxy) is 2. The third-order valence-electron chi connectivity index (χ3n) is 4.84. The Morgan fingerprint density at radius 3 is 3.04 bits per heavy atom. The zero-order chi connectivity index (χ0) is 17.9. The van der Waals surface area contributed by atoms with E-state index in [2.05, 4.69) is 33.5 Å². The molecule has 1 aliphatic rings. The summed E-state index contributed by atoms with van der Waals surface area (Å²) in [6.45, 7) is 5.55. The van der Waals surface area contributed by atoms with Crippen molar-refractivity contribution in [1.29, 1.82) is 0 Å². The largest absolute Gasteiger partial charge is 0.494 e. The van der Waals surface area contributed by atoms with E-state index in [4.69, 9.17) is 14.5 Å². The Balaban J connectivity index is 1.65. The second-order valence-electron chi connectivity index (χ2n) is 6.56. The Labute approximate surface area is 152 Å². The maximum Gasteiger partial charge on any atom is 0.137 e. The molecule has 7 heteroatoms. The Bertz CT molecular complexity index is 858. The molecule has 2 unspecified atom stereocenters. The average Bonchev–Trinajstić information content (AvgIpc) is 3.31. The van der Waals surface area contributed by atoms with Gasteiger partial charge in [0.2, 0.25) is 0 Å². The van der Waals surface area contributed by atoms with Crippen molar-refractivity contribution in [2.24, 2.45) is 0 Å². The van der Waals surface area contributed by atoms with Crippen LogP contribution >= 0.6 is 0 Å². The first-order valence-corrected chi connectivity index (χ1v) is 9.30. The lowest BCUT2D eigenvalue weighted by molar-refractivity contribution is 0.0155. The molecule has 0 aliphatic carbocycles. The van der Waals surface area contributed by atoms with Gasteiger partial charge in [-0.2, -0.15) is 5.10 Å². The molecule has 0 spiro atoms. The normalized spacial score (nSPS) is 20.4. The van der Waals surface area contributed by atoms with Crippen molar-refractivity contribution in [2.45, 2.75) is 45.3 Å². The molecule has 0 radical (unpaired) electrons. The third-order valence-corrected chi connectivity index (χ3v) is 4.84. The number of aryl methyl sites for hydroxylation is 1. The van der Waals surface area contributed by atoms with Gasteiger partial charge in [0.25, 0.3) is 0 Å². The number of hydrogen-bond donors (Lipinski definition) is 3. The predicted octanol–water partition coefficient (Wildman–Crippen LogP) is 3.58. The molecule has 4 rings (SSSR count). The first kappa shape index (κ1) is 16.9. The maximum absolute atomic E-state index is 5.98. The summed E-state index contributed by atoms with van der Waals surface area (Å²) < 4.78 is 11.8. The number of anilines is 1. The number of imidazole rings is 1. The highest BCUT2D eigenvalue weighted by Crippen LogP contribution is 2.33. The zero-order valence-electron chi connectivity index (χ0n) is 15.2. The van der Waals surface area contributed by atoms with Gasteiger partial charge in [0.1, 0.15) is 17.8 Å². The summed E-state index contributed by atoms with van der Waals surface area (Å²) in [5.74, 6) is 2.04. The summed E-state index contributed by atoms with van der Waals surface area (Å²) in [5, 5.41) is 10.2. The Hall–Kier alpha value is -2.54. The van der Waals surface area contributed by atoms with Crippen LogP contribution in [0.2, 0.25) is 0 Å². The number of fused-ring (bicyclic) bond motifs is 1. The number of nitrogens with one attached hydrogen (secondary N) is 3. The van der Waals surface area contributed by atoms with Crippen LogP contribution in [0.15, 0.2) is 24.5 Å². The van der Waals surface area contributed by atoms with E-state index in [-0.39, 0.29) is 12.1 Å². The fraction of sp³-hybridized carbons (Fsp3) is 0.474. The van der Waals surface area contributed by atoms with Crippen LogP contribution < -0.4 is 10.1 Å². The number of aromatic amines is 2. The van der Waals surface area contributed by atoms with Crippen molar-refractivity contribution >= 4 is 16.7 Å². The van der Waals surface area contributed by atoms with Crippen molar-refractivity contribution in [3.8, 4) is 5.75 Å². The fourth-order valence-electron chi connectivity index (χ4n) is 3.54. The molecular formula is C19H25N5O2. The van der Waals surface area contributed by atoms with Crippen LogP contribution in [0.4, 0.5) is 5.69 Å². The number of nitrogens with zero attached hydrogens (tertiary/aromatic N) is 2. The minimum Gasteiger partial charge on any atom is -0.494 e. The summed E-state index contributed by atoms with van der Waals surface area (Å²) in [7, 11) is 0. The molecular weight excluding hydrogens is 330 g/mol. The SMILES string of the molecule is CCOc1cc2nc(C3CCCOC3Nc3cn[nH]c3)[nH]c2cc1CC. The zero-order valence-corrected chi connectivity index (χ0v) is 15.2. The maximum atomic E-state index is 5.98. The van der Waals surface area contributed by atoms with Crippen molar-refractivity contribution in [2.75, 3.05) is 18.5 Å². The summed E-state index contributed by atoms with van der Waals surface area (Å²) in [4.78, 5) is 8.36. The van der Waals surface area contributed by atoms with Crippen LogP contribution in [0, 0.1) is 0 Å². The molecule has 26 heavy (non-hydrogen) atoms. The van der Waals surface area contributed by atoms with Gasteiger partial charge in [-0.1, -0.05) is 6.92 Å². The topological polar surface area (TPSA) is 87.8 Å². The smallest absolute Gasteiger partial charge is 0.137 e. The number of H-pyrrole nitrogens is 2. The van der Waals surface area contributed by atoms with E-state index >= 15 is 0 Å². The van der Waals surface area contributed by atoms with E-state index in [1.165, 1.54) is 5.56 Å². The summed E-state index contributed by atoms with van der Waals surface area (Å²) in [6.07, 6.45) is 6.44. The van der Waals surface area contributed by atoms with Crippen molar-refractivity contribution in [1.82, 2.24) is 20.2 Å². The summed E-state index contributed by atoms with van der Waals surface area (Å²) >= 11 is 0. The van der Waals surface area contributed by atoms with Gasteiger partial charge in [-0.15, -0.1) is 0 Å². The molecule has 2 aromatic heterocycles. The van der Waals surface area contributed by atoms with E-state index < -0.39 is 0 Å². The molecule has 3 heterocycles. The highest BCUT2D eigenvalue weighted by molar-refractivity contribution is 5.78. The molecule has 1 fully saturated rings. The van der Waals surface area contributed by atoms with Crippen molar-refractivity contribution in [3.05, 3.63) is 35.9 Å². The van der Waals surface area contributed by atoms with E-state index in [9.17, 15) is 0 Å². The molecule has 0 bridgehead atoms. The van der Waals surface area contributed by atoms with Gasteiger partial charge >= 0.3 is 0 Å². The molecule has 1 aromatic carbocycles. The molecule has 3 aromatic rings. The second-order valence-corrected chi connectivity index (χ2v) is 6.56. The molecule has 0 amide bonds. The van der Waals surface area contributed by atoms with Crippen LogP contribution in [0.3, 0.4) is 0 Å². The van der Waals surface area contributed by atoms with Crippen LogP contribution in [-0.2, 0) is 11.2 Å². The van der Waals surface area contributed by atoms with Gasteiger partial charge in [0.15, 0.2) is 0 Å². The molecule has 3 N–H and O–H groups in total. The minimum absolute atomic E-state index is 0.126. The van der Waals surface area contributed by atoms with E-state index in [0.29, 0.717) is 6.61 Å². The van der Waals surface area contributed by atoms with Gasteiger partial charge in [-0.25, -0.2) is 4.98 Å². The third kappa shape index (κ3) is 3.26. The lowest BCUT2D eigenvalue weighted by atomic mass is 9.98. The number of benzene rings is 1. The molecule has 138 valence electrons. The lowest BCUT2D eigenvalue weighted by Crippen LogP contribution is -2.35. The molecule has 1 saturated heterocycles. The summed E-state index contributed by atoms with van der Waals surface area (Å²) in [6, 6.07) is 4.19. The van der Waals surface area contributed by atoms with Crippen LogP contribution in [0.1, 0.15) is 44.0 Å². The number of hydrogen-bond acceptors (Lipinski definition) is 5. The number of aromatic nitrogens is 4. The number of rotatable bonds is 6. The quantitative estimate of drug-likeness (QED) is 0.629. The molecule has 1 aliphatic heterocycles. The Morgan fingerprint density at radius 2 is 2.27 bits per heavy atom. The minimum atomic E-state index is -0.126. The van der Waals surface area contributed by atoms with Crippen molar-refractivity contribution < 1.29 is 9.47 Å². The predicted molar refractivity (Wildman–Crippen MR) is 101 cm³/mol. The first-order valence-electron chi connectivity index (χ1n) is 9.30. The summed E-state index contributed by atoms with van der Waals surface area (Å²) in [5.41, 5.74) is 4.11. The highest BCUT2D eigenvalue weighted by Gasteiger charge is 2.30. The molecule has 2 atom stereocenters. The highest BCUT2D eigenvalue weighted by atomic mass is 16.5. The van der Waals surface area contributed by atoms with E-state index in [1.54, 1.807) is 6.20 Å². The van der Waals surface area contributed by atoms with Gasteiger partial charge < -0.3 is 19.8 Å². The van der Waals surface area contributed by atoms with E-state index in [1.807, 2.05) is 19.2 Å². The van der Waals surface area contributed by atoms with Crippen LogP contribution in [0.5, 0.6) is 5.75 Å². The van der Waals surface area contributed by atoms with Crippen LogP contribution in [0.25, 0.3) is 11.0 Å². The molecule has 0 saturated carbocycles. The average molecular weight is 355 g/mol. The van der Waals surface area contributed by atoms with Crippen LogP contribution in [-0.4, -0.2) is 39.6 Å².